The number of hydrogen-bond donors (Lipinski definition) is 2. The first-order chi connectivity index (χ1) is 17.8. The van der Waals surface area contributed by atoms with Gasteiger partial charge in [-0.15, -0.1) is 0 Å². The number of allylic oxidation sites excluding steroid dienone is 1. The smallest absolute Gasteiger partial charge is 0.330 e. The summed E-state index contributed by atoms with van der Waals surface area (Å²) in [5.41, 5.74) is 0.961. The van der Waals surface area contributed by atoms with Gasteiger partial charge in [0.05, 0.1) is 37.1 Å². The van der Waals surface area contributed by atoms with Crippen LogP contribution >= 0.6 is 0 Å². The Labute approximate surface area is 218 Å². The average molecular weight is 515 g/mol. The first-order valence-corrected chi connectivity index (χ1v) is 13.2. The summed E-state index contributed by atoms with van der Waals surface area (Å²) >= 11 is 0. The molecule has 4 aliphatic heterocycles. The molecule has 37 heavy (non-hydrogen) atoms. The maximum atomic E-state index is 12.6. The van der Waals surface area contributed by atoms with E-state index in [-0.39, 0.29) is 36.9 Å². The Morgan fingerprint density at radius 1 is 1.08 bits per heavy atom. The molecular weight excluding hydrogens is 476 g/mol. The summed E-state index contributed by atoms with van der Waals surface area (Å²) in [6.45, 7) is 6.34. The average Bonchev–Trinajstić information content (AvgIpc) is 3.61. The van der Waals surface area contributed by atoms with Crippen molar-refractivity contribution in [3.63, 3.8) is 0 Å². The van der Waals surface area contributed by atoms with Crippen LogP contribution in [0.3, 0.4) is 0 Å². The van der Waals surface area contributed by atoms with Crippen molar-refractivity contribution in [1.82, 2.24) is 0 Å². The second-order valence-corrected chi connectivity index (χ2v) is 10.5. The summed E-state index contributed by atoms with van der Waals surface area (Å²) in [6, 6.07) is 0. The van der Waals surface area contributed by atoms with Crippen LogP contribution in [0.2, 0.25) is 0 Å². The minimum absolute atomic E-state index is 0.0644. The van der Waals surface area contributed by atoms with Crippen LogP contribution < -0.4 is 0 Å². The van der Waals surface area contributed by atoms with Gasteiger partial charge in [0.1, 0.15) is 24.4 Å². The molecule has 4 heterocycles. The Hall–Kier alpha value is -2.52. The van der Waals surface area contributed by atoms with E-state index in [1.54, 1.807) is 12.2 Å². The third-order valence-corrected chi connectivity index (χ3v) is 7.09. The number of hydrogen-bond acceptors (Lipinski definition) is 8. The molecule has 0 aromatic carbocycles. The molecule has 2 bridgehead atoms. The van der Waals surface area contributed by atoms with Crippen molar-refractivity contribution in [2.75, 3.05) is 0 Å². The molecule has 0 amide bonds. The number of carbonyl (C=O) groups excluding carboxylic acids is 2. The summed E-state index contributed by atoms with van der Waals surface area (Å²) in [4.78, 5) is 24.2. The fourth-order valence-electron chi connectivity index (χ4n) is 5.20. The summed E-state index contributed by atoms with van der Waals surface area (Å²) in [5.74, 6) is -0.283. The molecule has 2 unspecified atom stereocenters. The largest absolute Gasteiger partial charge is 0.493 e. The number of cyclic esters (lactones) is 1. The number of rotatable bonds is 3. The van der Waals surface area contributed by atoms with Gasteiger partial charge in [-0.3, -0.25) is 4.79 Å². The molecule has 0 saturated carbocycles. The molecule has 9 atom stereocenters. The summed E-state index contributed by atoms with van der Waals surface area (Å²) in [6.07, 6.45) is 12.9. The van der Waals surface area contributed by atoms with Gasteiger partial charge in [-0.05, 0) is 44.1 Å². The molecule has 4 rings (SSSR count). The lowest BCUT2D eigenvalue weighted by atomic mass is 9.91. The topological polar surface area (TPSA) is 115 Å². The zero-order valence-corrected chi connectivity index (χ0v) is 21.3. The molecule has 8 nitrogen and oxygen atoms in total. The summed E-state index contributed by atoms with van der Waals surface area (Å²) in [7, 11) is 0. The van der Waals surface area contributed by atoms with Gasteiger partial charge in [0.25, 0.3) is 0 Å². The minimum Gasteiger partial charge on any atom is -0.493 e. The number of carbonyl (C=O) groups is 2. The lowest BCUT2D eigenvalue weighted by Gasteiger charge is -2.28. The lowest BCUT2D eigenvalue weighted by Crippen LogP contribution is -2.32. The van der Waals surface area contributed by atoms with E-state index in [0.29, 0.717) is 18.8 Å². The summed E-state index contributed by atoms with van der Waals surface area (Å²) in [5, 5.41) is 21.5. The van der Waals surface area contributed by atoms with Crippen molar-refractivity contribution >= 4 is 11.8 Å². The van der Waals surface area contributed by atoms with Crippen LogP contribution in [0.5, 0.6) is 0 Å². The number of ketones is 1. The molecular formula is C29H38O8. The molecule has 4 aliphatic rings. The van der Waals surface area contributed by atoms with Crippen LogP contribution in [0.1, 0.15) is 51.9 Å². The molecule has 0 aromatic rings. The maximum absolute atomic E-state index is 12.6. The first kappa shape index (κ1) is 27.5. The lowest BCUT2D eigenvalue weighted by molar-refractivity contribution is -0.148. The second kappa shape index (κ2) is 12.8. The standard InChI is InChI=1S/C29H38O8/c1-18-13-19(2)15-25(32)29-27(37-29)17-26(24(31)10-9-22-16-20(30)11-12-34-22)36-28(33)8-4-6-21-5-3-7-23(14-18)35-21/h3-5,8-12,18,21-27,29,31-32H,2,6-7,13-17H2,1H3/t18-,21-,22?,23-,24-,25-,26?,27-,29-/m0/s1. The Morgan fingerprint density at radius 2 is 1.92 bits per heavy atom. The van der Waals surface area contributed by atoms with Gasteiger partial charge in [-0.1, -0.05) is 43.4 Å². The third-order valence-electron chi connectivity index (χ3n) is 7.09. The van der Waals surface area contributed by atoms with Crippen molar-refractivity contribution in [1.29, 1.82) is 0 Å². The second-order valence-electron chi connectivity index (χ2n) is 10.5. The van der Waals surface area contributed by atoms with E-state index in [4.69, 9.17) is 18.9 Å². The fourth-order valence-corrected chi connectivity index (χ4v) is 5.20. The Kier molecular flexibility index (Phi) is 9.54. The van der Waals surface area contributed by atoms with Crippen molar-refractivity contribution in [2.45, 2.75) is 101 Å². The van der Waals surface area contributed by atoms with Gasteiger partial charge in [0.2, 0.25) is 0 Å². The quantitative estimate of drug-likeness (QED) is 0.335. The maximum Gasteiger partial charge on any atom is 0.330 e. The highest BCUT2D eigenvalue weighted by Crippen LogP contribution is 2.34. The van der Waals surface area contributed by atoms with E-state index in [1.165, 1.54) is 24.5 Å². The van der Waals surface area contributed by atoms with Crippen LogP contribution in [0.25, 0.3) is 0 Å². The highest BCUT2D eigenvalue weighted by atomic mass is 16.6. The zero-order valence-electron chi connectivity index (χ0n) is 21.3. The third kappa shape index (κ3) is 8.50. The van der Waals surface area contributed by atoms with E-state index in [2.05, 4.69) is 19.6 Å². The number of esters is 1. The van der Waals surface area contributed by atoms with E-state index in [0.717, 1.165) is 24.8 Å². The summed E-state index contributed by atoms with van der Waals surface area (Å²) < 4.78 is 22.9. The van der Waals surface area contributed by atoms with Gasteiger partial charge in [-0.25, -0.2) is 4.79 Å². The van der Waals surface area contributed by atoms with Gasteiger partial charge < -0.3 is 29.2 Å². The van der Waals surface area contributed by atoms with Crippen LogP contribution in [0.4, 0.5) is 0 Å². The molecule has 1 fully saturated rings. The van der Waals surface area contributed by atoms with Crippen molar-refractivity contribution < 1.29 is 38.7 Å². The SMILES string of the molecule is C=C1C[C@H](C)C[C@@H]2CC=C[C@@H](CC=CC(=O)OC([C@@H](O)C=CC3CC(=O)C=CO3)C[C@@H]3O[C@H]3[C@@H](O)C1)O2. The number of epoxide rings is 1. The van der Waals surface area contributed by atoms with E-state index in [1.807, 2.05) is 6.08 Å². The molecule has 0 radical (unpaired) electrons. The Balaban J connectivity index is 1.45. The van der Waals surface area contributed by atoms with Crippen LogP contribution in [-0.2, 0) is 28.5 Å². The molecule has 2 N–H and O–H groups in total. The monoisotopic (exact) mass is 514 g/mol. The molecule has 0 aliphatic carbocycles. The van der Waals surface area contributed by atoms with Gasteiger partial charge in [0.15, 0.2) is 5.78 Å². The van der Waals surface area contributed by atoms with E-state index >= 15 is 0 Å². The van der Waals surface area contributed by atoms with Gasteiger partial charge in [0, 0.05) is 18.6 Å². The zero-order chi connectivity index (χ0) is 26.4. The number of fused-ring (bicyclic) bond motifs is 3. The van der Waals surface area contributed by atoms with E-state index < -0.39 is 36.5 Å². The molecule has 202 valence electrons. The van der Waals surface area contributed by atoms with Crippen molar-refractivity contribution in [2.24, 2.45) is 5.92 Å². The molecule has 8 heteroatoms. The first-order valence-electron chi connectivity index (χ1n) is 13.2. The molecule has 0 aromatic heterocycles. The highest BCUT2D eigenvalue weighted by Gasteiger charge is 2.46. The van der Waals surface area contributed by atoms with Crippen molar-refractivity contribution in [3.8, 4) is 0 Å². The van der Waals surface area contributed by atoms with E-state index in [9.17, 15) is 19.8 Å². The Morgan fingerprint density at radius 3 is 2.73 bits per heavy atom. The molecule has 0 spiro atoms. The number of aliphatic hydroxyl groups excluding tert-OH is 2. The number of aliphatic hydroxyl groups is 2. The number of ether oxygens (including phenoxy) is 4. The van der Waals surface area contributed by atoms with Crippen molar-refractivity contribution in [3.05, 3.63) is 60.9 Å². The predicted octanol–water partition coefficient (Wildman–Crippen LogP) is 3.24. The van der Waals surface area contributed by atoms with Crippen LogP contribution in [0, 0.1) is 5.92 Å². The van der Waals surface area contributed by atoms with Crippen LogP contribution in [0.15, 0.2) is 60.9 Å². The Bertz CT molecular complexity index is 950. The normalized spacial score (nSPS) is 38.3. The fraction of sp³-hybridized carbons (Fsp3) is 0.586. The van der Waals surface area contributed by atoms with Gasteiger partial charge in [-0.2, -0.15) is 0 Å². The van der Waals surface area contributed by atoms with Gasteiger partial charge >= 0.3 is 5.97 Å². The van der Waals surface area contributed by atoms with Crippen LogP contribution in [-0.4, -0.2) is 70.8 Å². The highest BCUT2D eigenvalue weighted by molar-refractivity contribution is 5.90. The molecule has 1 saturated heterocycles. The predicted molar refractivity (Wildman–Crippen MR) is 136 cm³/mol. The minimum atomic E-state index is -1.14.